The first-order valence-corrected chi connectivity index (χ1v) is 10.8. The fraction of sp³-hybridized carbons (Fsp3) is 0. The molecule has 0 atom stereocenters. The van der Waals surface area contributed by atoms with Crippen LogP contribution in [0.5, 0.6) is 11.5 Å². The number of rotatable bonds is 7. The molecule has 2 amide bonds. The van der Waals surface area contributed by atoms with Gasteiger partial charge in [0, 0.05) is 23.6 Å². The lowest BCUT2D eigenvalue weighted by atomic mass is 10.2. The summed E-state index contributed by atoms with van der Waals surface area (Å²) in [5, 5.41) is 7.33. The molecule has 2 aromatic carbocycles. The van der Waals surface area contributed by atoms with Crippen LogP contribution >= 0.6 is 11.3 Å². The van der Waals surface area contributed by atoms with Crippen molar-refractivity contribution in [3.8, 4) is 11.5 Å². The second kappa shape index (κ2) is 10.3. The summed E-state index contributed by atoms with van der Waals surface area (Å²) < 4.78 is 19.8. The van der Waals surface area contributed by atoms with E-state index in [-0.39, 0.29) is 11.7 Å². The number of amides is 2. The predicted octanol–water partition coefficient (Wildman–Crippen LogP) is 5.98. The number of nitrogens with one attached hydrogen (secondary N) is 2. The highest BCUT2D eigenvalue weighted by atomic mass is 32.1. The zero-order chi connectivity index (χ0) is 23.0. The monoisotopic (exact) mass is 459 g/mol. The third-order valence-electron chi connectivity index (χ3n) is 4.38. The fourth-order valence-corrected chi connectivity index (χ4v) is 3.49. The maximum Gasteiger partial charge on any atom is 0.265 e. The molecule has 0 aliphatic carbocycles. The largest absolute Gasteiger partial charge is 0.453 e. The molecule has 2 N–H and O–H groups in total. The summed E-state index contributed by atoms with van der Waals surface area (Å²) >= 11 is 1.34. The quantitative estimate of drug-likeness (QED) is 0.333. The normalized spacial score (nSPS) is 10.7. The van der Waals surface area contributed by atoms with Crippen LogP contribution in [0.2, 0.25) is 0 Å². The van der Waals surface area contributed by atoms with Gasteiger partial charge in [-0.15, -0.1) is 11.3 Å². The highest BCUT2D eigenvalue weighted by Gasteiger charge is 2.08. The Labute approximate surface area is 193 Å². The number of hydrogen-bond donors (Lipinski definition) is 2. The summed E-state index contributed by atoms with van der Waals surface area (Å²) in [6.07, 6.45) is 5.88. The van der Waals surface area contributed by atoms with E-state index in [1.165, 1.54) is 41.8 Å². The van der Waals surface area contributed by atoms with E-state index in [0.29, 0.717) is 27.6 Å². The van der Waals surface area contributed by atoms with Gasteiger partial charge in [-0.25, -0.2) is 4.39 Å². The van der Waals surface area contributed by atoms with Crippen molar-refractivity contribution in [3.63, 3.8) is 0 Å². The maximum absolute atomic E-state index is 14.3. The van der Waals surface area contributed by atoms with Crippen LogP contribution in [0.15, 0.2) is 90.6 Å². The smallest absolute Gasteiger partial charge is 0.265 e. The zero-order valence-electron chi connectivity index (χ0n) is 17.2. The lowest BCUT2D eigenvalue weighted by Gasteiger charge is -2.07. The Hall–Kier alpha value is -4.30. The molecule has 4 aromatic rings. The maximum atomic E-state index is 14.3. The summed E-state index contributed by atoms with van der Waals surface area (Å²) in [6.45, 7) is 0. The summed E-state index contributed by atoms with van der Waals surface area (Å²) in [4.78, 5) is 29.0. The minimum absolute atomic E-state index is 0.0611. The SMILES string of the molecule is O=C(/C=C/c1ccc(Oc2cccnc2)c(F)c1)Nc1cccc(NC(=O)c2cccs2)c1. The summed E-state index contributed by atoms with van der Waals surface area (Å²) in [6, 6.07) is 18.1. The van der Waals surface area contributed by atoms with E-state index in [2.05, 4.69) is 15.6 Å². The summed E-state index contributed by atoms with van der Waals surface area (Å²) in [5.74, 6) is -0.686. The molecule has 0 bridgehead atoms. The second-order valence-corrected chi connectivity index (χ2v) is 7.76. The van der Waals surface area contributed by atoms with Gasteiger partial charge in [0.2, 0.25) is 5.91 Å². The minimum Gasteiger partial charge on any atom is -0.453 e. The third kappa shape index (κ3) is 6.11. The Morgan fingerprint density at radius 1 is 0.970 bits per heavy atom. The van der Waals surface area contributed by atoms with E-state index < -0.39 is 11.7 Å². The number of halogens is 1. The highest BCUT2D eigenvalue weighted by Crippen LogP contribution is 2.25. The van der Waals surface area contributed by atoms with E-state index in [0.717, 1.165) is 0 Å². The Kier molecular flexibility index (Phi) is 6.87. The van der Waals surface area contributed by atoms with Gasteiger partial charge in [-0.1, -0.05) is 18.2 Å². The van der Waals surface area contributed by atoms with Crippen LogP contribution in [-0.4, -0.2) is 16.8 Å². The highest BCUT2D eigenvalue weighted by molar-refractivity contribution is 7.12. The molecule has 8 heteroatoms. The van der Waals surface area contributed by atoms with E-state index in [4.69, 9.17) is 4.74 Å². The van der Waals surface area contributed by atoms with Crippen LogP contribution in [-0.2, 0) is 4.79 Å². The number of benzene rings is 2. The summed E-state index contributed by atoms with van der Waals surface area (Å²) in [7, 11) is 0. The molecule has 0 radical (unpaired) electrons. The summed E-state index contributed by atoms with van der Waals surface area (Å²) in [5.41, 5.74) is 1.57. The Morgan fingerprint density at radius 2 is 1.82 bits per heavy atom. The van der Waals surface area contributed by atoms with Crippen LogP contribution in [0, 0.1) is 5.82 Å². The van der Waals surface area contributed by atoms with Gasteiger partial charge in [-0.3, -0.25) is 14.6 Å². The van der Waals surface area contributed by atoms with Crippen molar-refractivity contribution in [3.05, 3.63) is 107 Å². The lowest BCUT2D eigenvalue weighted by molar-refractivity contribution is -0.111. The second-order valence-electron chi connectivity index (χ2n) is 6.82. The number of carbonyl (C=O) groups excluding carboxylic acids is 2. The predicted molar refractivity (Wildman–Crippen MR) is 127 cm³/mol. The van der Waals surface area contributed by atoms with Crippen LogP contribution < -0.4 is 15.4 Å². The number of hydrogen-bond acceptors (Lipinski definition) is 5. The number of aromatic nitrogens is 1. The van der Waals surface area contributed by atoms with Crippen molar-refractivity contribution in [2.75, 3.05) is 10.6 Å². The first kappa shape index (κ1) is 21.9. The average Bonchev–Trinajstić information content (AvgIpc) is 3.36. The van der Waals surface area contributed by atoms with Gasteiger partial charge in [0.1, 0.15) is 5.75 Å². The molecule has 0 spiro atoms. The van der Waals surface area contributed by atoms with Crippen molar-refractivity contribution >= 4 is 40.6 Å². The number of nitrogens with zero attached hydrogens (tertiary/aromatic N) is 1. The van der Waals surface area contributed by atoms with E-state index in [1.54, 1.807) is 60.8 Å². The number of pyridine rings is 1. The molecule has 0 aliphatic rings. The standard InChI is InChI=1S/C25H18FN3O3S/c26-21-14-17(8-10-22(21)32-20-6-2-12-27-16-20)9-11-24(30)28-18-4-1-5-19(15-18)29-25(31)23-7-3-13-33-23/h1-16H,(H,28,30)(H,29,31)/b11-9+. The Morgan fingerprint density at radius 3 is 2.55 bits per heavy atom. The van der Waals surface area contributed by atoms with Crippen LogP contribution in [0.1, 0.15) is 15.2 Å². The number of thiophene rings is 1. The van der Waals surface area contributed by atoms with Crippen LogP contribution in [0.25, 0.3) is 6.08 Å². The topological polar surface area (TPSA) is 80.3 Å². The first-order chi connectivity index (χ1) is 16.1. The molecule has 0 unspecified atom stereocenters. The molecular weight excluding hydrogens is 441 g/mol. The Balaban J connectivity index is 1.36. The molecule has 0 aliphatic heterocycles. The zero-order valence-corrected chi connectivity index (χ0v) is 18.0. The Bertz CT molecular complexity index is 1290. The van der Waals surface area contributed by atoms with Gasteiger partial charge >= 0.3 is 0 Å². The van der Waals surface area contributed by atoms with Crippen LogP contribution in [0.3, 0.4) is 0 Å². The van der Waals surface area contributed by atoms with Crippen molar-refractivity contribution in [1.29, 1.82) is 0 Å². The molecule has 164 valence electrons. The van der Waals surface area contributed by atoms with Gasteiger partial charge in [-0.05, 0) is 65.6 Å². The van der Waals surface area contributed by atoms with Gasteiger partial charge in [-0.2, -0.15) is 0 Å². The molecule has 0 saturated carbocycles. The van der Waals surface area contributed by atoms with E-state index in [9.17, 15) is 14.0 Å². The van der Waals surface area contributed by atoms with Gasteiger partial charge in [0.05, 0.1) is 11.1 Å². The van der Waals surface area contributed by atoms with Crippen molar-refractivity contribution in [1.82, 2.24) is 4.98 Å². The molecule has 33 heavy (non-hydrogen) atoms. The fourth-order valence-electron chi connectivity index (χ4n) is 2.87. The lowest BCUT2D eigenvalue weighted by Crippen LogP contribution is -2.11. The molecule has 0 saturated heterocycles. The van der Waals surface area contributed by atoms with Gasteiger partial charge in [0.15, 0.2) is 11.6 Å². The number of ether oxygens (including phenoxy) is 1. The number of carbonyl (C=O) groups is 2. The molecule has 4 rings (SSSR count). The van der Waals surface area contributed by atoms with Crippen molar-refractivity contribution in [2.24, 2.45) is 0 Å². The molecular formula is C25H18FN3O3S. The van der Waals surface area contributed by atoms with Gasteiger partial charge in [0.25, 0.3) is 5.91 Å². The van der Waals surface area contributed by atoms with E-state index in [1.807, 2.05) is 5.38 Å². The van der Waals surface area contributed by atoms with Gasteiger partial charge < -0.3 is 15.4 Å². The molecule has 6 nitrogen and oxygen atoms in total. The van der Waals surface area contributed by atoms with Crippen molar-refractivity contribution in [2.45, 2.75) is 0 Å². The number of anilines is 2. The average molecular weight is 460 g/mol. The van der Waals surface area contributed by atoms with E-state index >= 15 is 0 Å². The van der Waals surface area contributed by atoms with Crippen LogP contribution in [0.4, 0.5) is 15.8 Å². The first-order valence-electron chi connectivity index (χ1n) is 9.88. The van der Waals surface area contributed by atoms with Crippen molar-refractivity contribution < 1.29 is 18.7 Å². The molecule has 2 aromatic heterocycles. The molecule has 0 fully saturated rings. The minimum atomic E-state index is -0.560. The molecule has 2 heterocycles. The third-order valence-corrected chi connectivity index (χ3v) is 5.25.